The molecule has 0 saturated heterocycles. The molecular formula is C16H14N2O. The largest absolute Gasteiger partial charge is 0.440 e. The number of nitrogen functional groups attached to an aromatic ring is 1. The maximum atomic E-state index is 5.93. The Kier molecular flexibility index (Phi) is 2.15. The van der Waals surface area contributed by atoms with Crippen LogP contribution in [0.2, 0.25) is 0 Å². The predicted molar refractivity (Wildman–Crippen MR) is 75.0 cm³/mol. The summed E-state index contributed by atoms with van der Waals surface area (Å²) in [5.74, 6) is 1.15. The van der Waals surface area contributed by atoms with Crippen molar-refractivity contribution in [3.63, 3.8) is 0 Å². The Morgan fingerprint density at radius 3 is 2.42 bits per heavy atom. The van der Waals surface area contributed by atoms with E-state index in [9.17, 15) is 0 Å². The molecule has 3 nitrogen and oxygen atoms in total. The number of para-hydroxylation sites is 1. The van der Waals surface area contributed by atoms with Crippen molar-refractivity contribution in [1.29, 1.82) is 0 Å². The number of fused-ring (bicyclic) bond motifs is 2. The third kappa shape index (κ3) is 1.62. The molecule has 1 aromatic heterocycles. The Bertz CT molecular complexity index is 735. The van der Waals surface area contributed by atoms with E-state index in [1.165, 1.54) is 11.1 Å². The van der Waals surface area contributed by atoms with Gasteiger partial charge in [0, 0.05) is 5.92 Å². The molecule has 0 fully saturated rings. The highest BCUT2D eigenvalue weighted by atomic mass is 16.3. The Hall–Kier alpha value is -2.29. The zero-order chi connectivity index (χ0) is 12.8. The van der Waals surface area contributed by atoms with Crippen LogP contribution in [0.25, 0.3) is 11.1 Å². The quantitative estimate of drug-likeness (QED) is 0.674. The number of oxazole rings is 1. The lowest BCUT2D eigenvalue weighted by Crippen LogP contribution is -1.97. The van der Waals surface area contributed by atoms with Crippen LogP contribution in [0.15, 0.2) is 46.9 Å². The van der Waals surface area contributed by atoms with E-state index in [1.54, 1.807) is 0 Å². The lowest BCUT2D eigenvalue weighted by molar-refractivity contribution is 0.478. The third-order valence-corrected chi connectivity index (χ3v) is 3.87. The minimum atomic E-state index is 0.337. The Balaban J connectivity index is 1.75. The molecule has 0 radical (unpaired) electrons. The van der Waals surface area contributed by atoms with Gasteiger partial charge in [-0.1, -0.05) is 30.3 Å². The summed E-state index contributed by atoms with van der Waals surface area (Å²) in [4.78, 5) is 4.59. The third-order valence-electron chi connectivity index (χ3n) is 3.87. The molecular weight excluding hydrogens is 236 g/mol. The molecule has 1 aliphatic carbocycles. The maximum absolute atomic E-state index is 5.93. The predicted octanol–water partition coefficient (Wildman–Crippen LogP) is 3.29. The van der Waals surface area contributed by atoms with E-state index in [4.69, 9.17) is 10.2 Å². The fraction of sp³-hybridized carbons (Fsp3) is 0.188. The van der Waals surface area contributed by atoms with Crippen molar-refractivity contribution in [2.24, 2.45) is 0 Å². The van der Waals surface area contributed by atoms with E-state index in [-0.39, 0.29) is 0 Å². The minimum Gasteiger partial charge on any atom is -0.440 e. The van der Waals surface area contributed by atoms with Crippen LogP contribution in [-0.2, 0) is 12.8 Å². The lowest BCUT2D eigenvalue weighted by Gasteiger charge is -2.01. The summed E-state index contributed by atoms with van der Waals surface area (Å²) < 4.78 is 5.87. The summed E-state index contributed by atoms with van der Waals surface area (Å²) >= 11 is 0. The Labute approximate surface area is 111 Å². The van der Waals surface area contributed by atoms with Crippen molar-refractivity contribution >= 4 is 16.8 Å². The van der Waals surface area contributed by atoms with Crippen molar-refractivity contribution in [2.75, 3.05) is 5.73 Å². The minimum absolute atomic E-state index is 0.337. The molecule has 2 N–H and O–H groups in total. The van der Waals surface area contributed by atoms with Gasteiger partial charge < -0.3 is 10.2 Å². The number of hydrogen-bond donors (Lipinski definition) is 1. The normalized spacial score (nSPS) is 14.9. The van der Waals surface area contributed by atoms with Gasteiger partial charge in [0.25, 0.3) is 0 Å². The van der Waals surface area contributed by atoms with Crippen molar-refractivity contribution in [3.8, 4) is 0 Å². The first-order valence-electron chi connectivity index (χ1n) is 6.53. The average Bonchev–Trinajstić information content (AvgIpc) is 3.02. The number of anilines is 1. The van der Waals surface area contributed by atoms with Crippen LogP contribution < -0.4 is 5.73 Å². The molecule has 3 heteroatoms. The van der Waals surface area contributed by atoms with Crippen LogP contribution in [0.5, 0.6) is 0 Å². The molecule has 1 heterocycles. The van der Waals surface area contributed by atoms with E-state index < -0.39 is 0 Å². The second-order valence-corrected chi connectivity index (χ2v) is 5.12. The summed E-state index contributed by atoms with van der Waals surface area (Å²) in [7, 11) is 0. The molecule has 2 aromatic carbocycles. The summed E-state index contributed by atoms with van der Waals surface area (Å²) in [5, 5.41) is 0. The Morgan fingerprint density at radius 1 is 1.00 bits per heavy atom. The van der Waals surface area contributed by atoms with Crippen LogP contribution >= 0.6 is 0 Å². The van der Waals surface area contributed by atoms with Crippen molar-refractivity contribution in [1.82, 2.24) is 4.98 Å². The summed E-state index contributed by atoms with van der Waals surface area (Å²) in [5.41, 5.74) is 11.0. The number of hydrogen-bond acceptors (Lipinski definition) is 3. The van der Waals surface area contributed by atoms with Crippen LogP contribution in [-0.4, -0.2) is 4.98 Å². The molecule has 0 spiro atoms. The molecule has 0 bridgehead atoms. The molecule has 94 valence electrons. The maximum Gasteiger partial charge on any atom is 0.199 e. The molecule has 0 aliphatic heterocycles. The number of benzene rings is 2. The van der Waals surface area contributed by atoms with Crippen LogP contribution in [0.4, 0.5) is 5.69 Å². The monoisotopic (exact) mass is 250 g/mol. The van der Waals surface area contributed by atoms with E-state index in [1.807, 2.05) is 18.2 Å². The standard InChI is InChI=1S/C16H14N2O/c17-13-6-3-7-14-15(13)18-16(19-14)12-8-10-4-1-2-5-11(10)9-12/h1-7,12H,8-9,17H2. The first-order valence-corrected chi connectivity index (χ1v) is 6.53. The fourth-order valence-electron chi connectivity index (χ4n) is 2.90. The van der Waals surface area contributed by atoms with Gasteiger partial charge in [-0.15, -0.1) is 0 Å². The van der Waals surface area contributed by atoms with Crippen molar-refractivity contribution < 1.29 is 4.42 Å². The number of nitrogens with two attached hydrogens (primary N) is 1. The molecule has 19 heavy (non-hydrogen) atoms. The lowest BCUT2D eigenvalue weighted by atomic mass is 10.1. The average molecular weight is 250 g/mol. The van der Waals surface area contributed by atoms with Crippen LogP contribution in [0.1, 0.15) is 22.9 Å². The van der Waals surface area contributed by atoms with Gasteiger partial charge in [0.15, 0.2) is 11.5 Å². The van der Waals surface area contributed by atoms with Gasteiger partial charge in [-0.2, -0.15) is 0 Å². The topological polar surface area (TPSA) is 52.0 Å². The van der Waals surface area contributed by atoms with Crippen LogP contribution in [0.3, 0.4) is 0 Å². The molecule has 1 aliphatic rings. The molecule has 0 atom stereocenters. The second-order valence-electron chi connectivity index (χ2n) is 5.12. The van der Waals surface area contributed by atoms with E-state index >= 15 is 0 Å². The molecule has 0 amide bonds. The van der Waals surface area contributed by atoms with Gasteiger partial charge >= 0.3 is 0 Å². The van der Waals surface area contributed by atoms with Crippen molar-refractivity contribution in [3.05, 3.63) is 59.5 Å². The number of nitrogens with zero attached hydrogens (tertiary/aromatic N) is 1. The van der Waals surface area contributed by atoms with E-state index in [0.717, 1.165) is 29.8 Å². The van der Waals surface area contributed by atoms with Gasteiger partial charge in [-0.25, -0.2) is 4.98 Å². The summed E-state index contributed by atoms with van der Waals surface area (Å²) in [6.07, 6.45) is 2.01. The van der Waals surface area contributed by atoms with Crippen LogP contribution in [0, 0.1) is 0 Å². The first-order chi connectivity index (χ1) is 9.31. The molecule has 0 saturated carbocycles. The van der Waals surface area contributed by atoms with Gasteiger partial charge in [-0.05, 0) is 36.1 Å². The van der Waals surface area contributed by atoms with Gasteiger partial charge in [0.05, 0.1) is 5.69 Å². The number of rotatable bonds is 1. The molecule has 4 rings (SSSR count). The van der Waals surface area contributed by atoms with Gasteiger partial charge in [0.2, 0.25) is 0 Å². The fourth-order valence-corrected chi connectivity index (χ4v) is 2.90. The second kappa shape index (κ2) is 3.85. The highest BCUT2D eigenvalue weighted by Gasteiger charge is 2.26. The molecule has 3 aromatic rings. The Morgan fingerprint density at radius 2 is 1.74 bits per heavy atom. The van der Waals surface area contributed by atoms with E-state index in [2.05, 4.69) is 29.2 Å². The highest BCUT2D eigenvalue weighted by molar-refractivity contribution is 5.85. The van der Waals surface area contributed by atoms with Gasteiger partial charge in [0.1, 0.15) is 5.52 Å². The SMILES string of the molecule is Nc1cccc2oc(C3Cc4ccccc4C3)nc12. The first kappa shape index (κ1) is 10.6. The van der Waals surface area contributed by atoms with Crippen molar-refractivity contribution in [2.45, 2.75) is 18.8 Å². The smallest absolute Gasteiger partial charge is 0.199 e. The zero-order valence-corrected chi connectivity index (χ0v) is 10.5. The highest BCUT2D eigenvalue weighted by Crippen LogP contribution is 2.35. The van der Waals surface area contributed by atoms with E-state index in [0.29, 0.717) is 11.6 Å². The van der Waals surface area contributed by atoms with Gasteiger partial charge in [-0.3, -0.25) is 0 Å². The number of aromatic nitrogens is 1. The molecule has 0 unspecified atom stereocenters. The zero-order valence-electron chi connectivity index (χ0n) is 10.5. The summed E-state index contributed by atoms with van der Waals surface area (Å²) in [6, 6.07) is 14.2. The summed E-state index contributed by atoms with van der Waals surface area (Å²) in [6.45, 7) is 0.